The van der Waals surface area contributed by atoms with Crippen LogP contribution in [0.3, 0.4) is 0 Å². The van der Waals surface area contributed by atoms with Gasteiger partial charge in [-0.1, -0.05) is 41.4 Å². The Bertz CT molecular complexity index is 611. The SMILES string of the molecule is O=[N+]([O-])/C(=C/c1sc(Cl)nc1Cl)c1ccccc1. The third kappa shape index (κ3) is 2.87. The fraction of sp³-hybridized carbons (Fsp3) is 0. The maximum atomic E-state index is 11.1. The smallest absolute Gasteiger partial charge is 0.258 e. The summed E-state index contributed by atoms with van der Waals surface area (Å²) in [6, 6.07) is 8.57. The Balaban J connectivity index is 2.49. The molecule has 0 spiro atoms. The summed E-state index contributed by atoms with van der Waals surface area (Å²) in [5.41, 5.74) is 0.459. The monoisotopic (exact) mass is 300 g/mol. The fourth-order valence-electron chi connectivity index (χ4n) is 1.35. The van der Waals surface area contributed by atoms with E-state index in [0.717, 1.165) is 11.3 Å². The van der Waals surface area contributed by atoms with Crippen LogP contribution in [-0.2, 0) is 0 Å². The van der Waals surface area contributed by atoms with Crippen LogP contribution in [0.2, 0.25) is 9.62 Å². The van der Waals surface area contributed by atoms with Crippen molar-refractivity contribution in [2.45, 2.75) is 0 Å². The van der Waals surface area contributed by atoms with E-state index in [0.29, 0.717) is 10.4 Å². The molecule has 1 heterocycles. The number of halogens is 2. The minimum absolute atomic E-state index is 0.0437. The molecule has 1 aromatic carbocycles. The maximum absolute atomic E-state index is 11.1. The average Bonchev–Trinajstić information content (AvgIpc) is 2.65. The van der Waals surface area contributed by atoms with Gasteiger partial charge in [0.1, 0.15) is 5.15 Å². The van der Waals surface area contributed by atoms with Crippen molar-refractivity contribution in [2.75, 3.05) is 0 Å². The molecule has 0 unspecified atom stereocenters. The normalized spacial score (nSPS) is 11.6. The summed E-state index contributed by atoms with van der Waals surface area (Å²) in [7, 11) is 0. The van der Waals surface area contributed by atoms with Crippen LogP contribution in [0.15, 0.2) is 30.3 Å². The maximum Gasteiger partial charge on any atom is 0.278 e. The van der Waals surface area contributed by atoms with Gasteiger partial charge in [0.05, 0.1) is 15.4 Å². The van der Waals surface area contributed by atoms with Crippen LogP contribution in [0.5, 0.6) is 0 Å². The molecule has 1 aromatic heterocycles. The summed E-state index contributed by atoms with van der Waals surface area (Å²) in [6.45, 7) is 0. The lowest BCUT2D eigenvalue weighted by molar-refractivity contribution is -0.374. The van der Waals surface area contributed by atoms with Crippen LogP contribution in [0.4, 0.5) is 0 Å². The molecule has 0 N–H and O–H groups in total. The van der Waals surface area contributed by atoms with Crippen molar-refractivity contribution in [3.63, 3.8) is 0 Å². The molecule has 0 saturated carbocycles. The molecule has 0 radical (unpaired) electrons. The van der Waals surface area contributed by atoms with Gasteiger partial charge in [0.15, 0.2) is 4.47 Å². The highest BCUT2D eigenvalue weighted by molar-refractivity contribution is 7.17. The van der Waals surface area contributed by atoms with Crippen molar-refractivity contribution >= 4 is 46.3 Å². The standard InChI is InChI=1S/C11H6Cl2N2O2S/c12-10-9(18-11(13)14-10)6-8(15(16)17)7-4-2-1-3-5-7/h1-6H/b8-6+. The number of benzene rings is 1. The number of hydrogen-bond donors (Lipinski definition) is 0. The zero-order valence-electron chi connectivity index (χ0n) is 8.84. The van der Waals surface area contributed by atoms with Crippen LogP contribution in [0, 0.1) is 10.1 Å². The van der Waals surface area contributed by atoms with Crippen molar-refractivity contribution in [1.29, 1.82) is 0 Å². The van der Waals surface area contributed by atoms with E-state index in [1.54, 1.807) is 30.3 Å². The zero-order chi connectivity index (χ0) is 13.1. The number of hydrogen-bond acceptors (Lipinski definition) is 4. The lowest BCUT2D eigenvalue weighted by Gasteiger charge is -1.97. The lowest BCUT2D eigenvalue weighted by Crippen LogP contribution is -1.97. The third-order valence-corrected chi connectivity index (χ3v) is 3.62. The Morgan fingerprint density at radius 1 is 1.33 bits per heavy atom. The van der Waals surface area contributed by atoms with Gasteiger partial charge in [-0.25, -0.2) is 4.98 Å². The summed E-state index contributed by atoms with van der Waals surface area (Å²) >= 11 is 12.6. The highest BCUT2D eigenvalue weighted by Gasteiger charge is 2.16. The molecular weight excluding hydrogens is 295 g/mol. The van der Waals surface area contributed by atoms with Gasteiger partial charge in [-0.15, -0.1) is 11.3 Å². The van der Waals surface area contributed by atoms with Crippen molar-refractivity contribution < 1.29 is 4.92 Å². The molecule has 0 aliphatic heterocycles. The molecule has 2 rings (SSSR count). The Morgan fingerprint density at radius 3 is 2.50 bits per heavy atom. The molecule has 0 bridgehead atoms. The number of thiazole rings is 1. The second kappa shape index (κ2) is 5.48. The van der Waals surface area contributed by atoms with E-state index in [9.17, 15) is 10.1 Å². The molecular formula is C11H6Cl2N2O2S. The highest BCUT2D eigenvalue weighted by atomic mass is 35.5. The molecule has 92 valence electrons. The second-order valence-electron chi connectivity index (χ2n) is 3.27. The van der Waals surface area contributed by atoms with Crippen molar-refractivity contribution in [3.8, 4) is 0 Å². The fourth-order valence-corrected chi connectivity index (χ4v) is 2.65. The summed E-state index contributed by atoms with van der Waals surface area (Å²) in [6.07, 6.45) is 1.38. The van der Waals surface area contributed by atoms with Gasteiger partial charge in [-0.2, -0.15) is 0 Å². The van der Waals surface area contributed by atoms with Gasteiger partial charge < -0.3 is 0 Å². The van der Waals surface area contributed by atoms with Crippen LogP contribution in [-0.4, -0.2) is 9.91 Å². The number of nitro groups is 1. The van der Waals surface area contributed by atoms with Gasteiger partial charge in [0.25, 0.3) is 5.70 Å². The van der Waals surface area contributed by atoms with Crippen LogP contribution in [0.25, 0.3) is 11.8 Å². The summed E-state index contributed by atoms with van der Waals surface area (Å²) in [5, 5.41) is 11.2. The molecule has 7 heteroatoms. The van der Waals surface area contributed by atoms with Gasteiger partial charge in [-0.3, -0.25) is 10.1 Å². The van der Waals surface area contributed by atoms with Gasteiger partial charge >= 0.3 is 0 Å². The Morgan fingerprint density at radius 2 is 2.00 bits per heavy atom. The minimum Gasteiger partial charge on any atom is -0.258 e. The first kappa shape index (κ1) is 13.0. The third-order valence-electron chi connectivity index (χ3n) is 2.12. The van der Waals surface area contributed by atoms with E-state index in [1.807, 2.05) is 0 Å². The van der Waals surface area contributed by atoms with Crippen molar-refractivity contribution in [3.05, 3.63) is 60.5 Å². The first-order valence-corrected chi connectivity index (χ1v) is 6.38. The molecule has 0 aliphatic carbocycles. The highest BCUT2D eigenvalue weighted by Crippen LogP contribution is 2.30. The van der Waals surface area contributed by atoms with Crippen LogP contribution >= 0.6 is 34.5 Å². The van der Waals surface area contributed by atoms with Crippen molar-refractivity contribution in [2.24, 2.45) is 0 Å². The topological polar surface area (TPSA) is 56.0 Å². The first-order chi connectivity index (χ1) is 8.58. The summed E-state index contributed by atoms with van der Waals surface area (Å²) in [4.78, 5) is 14.9. The molecule has 4 nitrogen and oxygen atoms in total. The van der Waals surface area contributed by atoms with E-state index in [1.165, 1.54) is 6.08 Å². The Kier molecular flexibility index (Phi) is 3.96. The van der Waals surface area contributed by atoms with E-state index in [-0.39, 0.29) is 15.3 Å². The van der Waals surface area contributed by atoms with E-state index in [4.69, 9.17) is 23.2 Å². The molecule has 0 atom stereocenters. The molecule has 0 saturated heterocycles. The number of nitrogens with zero attached hydrogens (tertiary/aromatic N) is 2. The largest absolute Gasteiger partial charge is 0.278 e. The Labute approximate surface area is 117 Å². The molecule has 0 amide bonds. The predicted molar refractivity (Wildman–Crippen MR) is 73.4 cm³/mol. The average molecular weight is 301 g/mol. The predicted octanol–water partition coefficient (Wildman–Crippen LogP) is 4.22. The second-order valence-corrected chi connectivity index (χ2v) is 5.25. The summed E-state index contributed by atoms with van der Waals surface area (Å²) in [5.74, 6) is 0. The van der Waals surface area contributed by atoms with Crippen LogP contribution < -0.4 is 0 Å². The zero-order valence-corrected chi connectivity index (χ0v) is 11.2. The van der Waals surface area contributed by atoms with E-state index < -0.39 is 4.92 Å². The van der Waals surface area contributed by atoms with E-state index in [2.05, 4.69) is 4.98 Å². The first-order valence-electron chi connectivity index (χ1n) is 4.81. The Hall–Kier alpha value is -1.43. The van der Waals surface area contributed by atoms with Crippen molar-refractivity contribution in [1.82, 2.24) is 4.98 Å². The number of aromatic nitrogens is 1. The van der Waals surface area contributed by atoms with E-state index >= 15 is 0 Å². The number of rotatable bonds is 3. The van der Waals surface area contributed by atoms with Crippen LogP contribution in [0.1, 0.15) is 10.4 Å². The molecule has 0 aliphatic rings. The molecule has 2 aromatic rings. The van der Waals surface area contributed by atoms with Gasteiger partial charge in [0, 0.05) is 6.08 Å². The summed E-state index contributed by atoms with van der Waals surface area (Å²) < 4.78 is 0.252. The molecule has 0 fully saturated rings. The minimum atomic E-state index is -0.459. The molecule has 18 heavy (non-hydrogen) atoms. The van der Waals surface area contributed by atoms with Gasteiger partial charge in [-0.05, 0) is 12.1 Å². The van der Waals surface area contributed by atoms with Gasteiger partial charge in [0.2, 0.25) is 0 Å². The lowest BCUT2D eigenvalue weighted by atomic mass is 10.1. The quantitative estimate of drug-likeness (QED) is 0.630.